The van der Waals surface area contributed by atoms with Crippen molar-refractivity contribution in [1.82, 2.24) is 24.9 Å². The van der Waals surface area contributed by atoms with E-state index in [1.54, 1.807) is 18.5 Å². The summed E-state index contributed by atoms with van der Waals surface area (Å²) in [6.07, 6.45) is 11.1. The monoisotopic (exact) mass is 700 g/mol. The molecule has 6 nitrogen and oxygen atoms in total. The first-order valence-corrected chi connectivity index (χ1v) is 18.4. The van der Waals surface area contributed by atoms with E-state index in [9.17, 15) is 0 Å². The highest BCUT2D eigenvalue weighted by molar-refractivity contribution is 5.76. The van der Waals surface area contributed by atoms with E-state index in [0.29, 0.717) is 11.6 Å². The SMILES string of the molecule is C=C/C(=C\N=C)c1cc(-c2ccc(C3(c4ccc(-c5cc(-c6ccccn6)nc(-c6ccccc6)n5)cc4)CCCCC3)cc2)nc(-c2ccccc2)n1. The fourth-order valence-corrected chi connectivity index (χ4v) is 7.56. The smallest absolute Gasteiger partial charge is 0.160 e. The summed E-state index contributed by atoms with van der Waals surface area (Å²) in [5.41, 5.74) is 11.4. The van der Waals surface area contributed by atoms with Crippen LogP contribution in [0.5, 0.6) is 0 Å². The molecule has 0 atom stereocenters. The molecule has 0 N–H and O–H groups in total. The van der Waals surface area contributed by atoms with Crippen LogP contribution in [0.2, 0.25) is 0 Å². The zero-order valence-corrected chi connectivity index (χ0v) is 30.1. The van der Waals surface area contributed by atoms with Crippen molar-refractivity contribution < 1.29 is 0 Å². The molecule has 3 aromatic heterocycles. The van der Waals surface area contributed by atoms with Crippen molar-refractivity contribution in [3.8, 4) is 56.7 Å². The third-order valence-electron chi connectivity index (χ3n) is 10.4. The lowest BCUT2D eigenvalue weighted by molar-refractivity contribution is 0.346. The van der Waals surface area contributed by atoms with Gasteiger partial charge < -0.3 is 0 Å². The van der Waals surface area contributed by atoms with E-state index in [0.717, 1.165) is 69.1 Å². The highest BCUT2D eigenvalue weighted by Gasteiger charge is 2.35. The Hall–Kier alpha value is -6.66. The molecule has 4 aromatic carbocycles. The number of allylic oxidation sites excluding steroid dienone is 2. The van der Waals surface area contributed by atoms with Gasteiger partial charge in [0.15, 0.2) is 11.6 Å². The molecule has 0 bridgehead atoms. The number of aromatic nitrogens is 5. The molecule has 7 aromatic rings. The Morgan fingerprint density at radius 1 is 0.537 bits per heavy atom. The van der Waals surface area contributed by atoms with Gasteiger partial charge in [-0.1, -0.05) is 147 Å². The van der Waals surface area contributed by atoms with E-state index in [1.807, 2.05) is 91.0 Å². The van der Waals surface area contributed by atoms with Crippen molar-refractivity contribution in [2.75, 3.05) is 0 Å². The van der Waals surface area contributed by atoms with E-state index in [4.69, 9.17) is 19.9 Å². The standard InChI is InChI=1S/C48H40N6/c1-3-34(33-49-2)42-31-43(52-46(51-42)37-15-7-4-8-16-37)35-20-24-39(25-21-35)48(28-12-6-13-29-48)40-26-22-36(23-27-40)44-32-45(41-19-11-14-30-50-41)54-47(53-44)38-17-9-5-10-18-38/h3-5,7-11,14-27,30-33H,1-2,6,12-13,28-29H2/b34-33+. The van der Waals surface area contributed by atoms with E-state index in [1.165, 1.54) is 30.4 Å². The van der Waals surface area contributed by atoms with Crippen molar-refractivity contribution in [3.63, 3.8) is 0 Å². The molecule has 1 aliphatic carbocycles. The van der Waals surface area contributed by atoms with Gasteiger partial charge >= 0.3 is 0 Å². The van der Waals surface area contributed by atoms with Crippen LogP contribution in [0, 0.1) is 0 Å². The molecule has 3 heterocycles. The Morgan fingerprint density at radius 3 is 1.61 bits per heavy atom. The number of nitrogens with zero attached hydrogens (tertiary/aromatic N) is 6. The molecule has 1 saturated carbocycles. The lowest BCUT2D eigenvalue weighted by atomic mass is 9.65. The van der Waals surface area contributed by atoms with Gasteiger partial charge in [-0.2, -0.15) is 0 Å². The lowest BCUT2D eigenvalue weighted by Crippen LogP contribution is -2.30. The number of rotatable bonds is 10. The fraction of sp³-hybridized carbons (Fsp3) is 0.125. The van der Waals surface area contributed by atoms with Gasteiger partial charge in [0, 0.05) is 45.6 Å². The molecular weight excluding hydrogens is 661 g/mol. The van der Waals surface area contributed by atoms with Gasteiger partial charge in [-0.3, -0.25) is 9.98 Å². The van der Waals surface area contributed by atoms with Crippen LogP contribution >= 0.6 is 0 Å². The number of benzene rings is 4. The molecule has 0 unspecified atom stereocenters. The maximum Gasteiger partial charge on any atom is 0.160 e. The maximum atomic E-state index is 5.05. The summed E-state index contributed by atoms with van der Waals surface area (Å²) in [5, 5.41) is 0. The third kappa shape index (κ3) is 7.06. The Balaban J connectivity index is 1.15. The summed E-state index contributed by atoms with van der Waals surface area (Å²) < 4.78 is 0. The third-order valence-corrected chi connectivity index (χ3v) is 10.4. The minimum atomic E-state index is -0.0876. The number of aliphatic imine (C=N–C) groups is 1. The Morgan fingerprint density at radius 2 is 1.07 bits per heavy atom. The first-order valence-electron chi connectivity index (χ1n) is 18.4. The van der Waals surface area contributed by atoms with Crippen LogP contribution in [0.25, 0.3) is 62.3 Å². The molecule has 6 heteroatoms. The second kappa shape index (κ2) is 15.5. The summed E-state index contributed by atoms with van der Waals surface area (Å²) in [5.74, 6) is 1.34. The quantitative estimate of drug-likeness (QED) is 0.105. The minimum absolute atomic E-state index is 0.0876. The molecule has 0 aliphatic heterocycles. The molecule has 1 aliphatic rings. The molecule has 0 saturated heterocycles. The minimum Gasteiger partial charge on any atom is -0.272 e. The average Bonchev–Trinajstić information content (AvgIpc) is 3.26. The second-order valence-electron chi connectivity index (χ2n) is 13.6. The normalized spacial score (nSPS) is 14.0. The zero-order valence-electron chi connectivity index (χ0n) is 30.1. The van der Waals surface area contributed by atoms with Crippen molar-refractivity contribution in [1.29, 1.82) is 0 Å². The highest BCUT2D eigenvalue weighted by atomic mass is 14.9. The summed E-state index contributed by atoms with van der Waals surface area (Å²) in [4.78, 5) is 28.5. The van der Waals surface area contributed by atoms with Gasteiger partial charge in [-0.25, -0.2) is 19.9 Å². The predicted octanol–water partition coefficient (Wildman–Crippen LogP) is 11.5. The van der Waals surface area contributed by atoms with Crippen LogP contribution in [-0.4, -0.2) is 31.6 Å². The molecule has 54 heavy (non-hydrogen) atoms. The van der Waals surface area contributed by atoms with Crippen molar-refractivity contribution >= 4 is 12.3 Å². The number of hydrogen-bond donors (Lipinski definition) is 0. The van der Waals surface area contributed by atoms with Gasteiger partial charge in [-0.15, -0.1) is 0 Å². The van der Waals surface area contributed by atoms with E-state index in [2.05, 4.69) is 71.8 Å². The first-order chi connectivity index (χ1) is 26.6. The molecule has 8 rings (SSSR count). The first kappa shape index (κ1) is 34.4. The number of pyridine rings is 1. The lowest BCUT2D eigenvalue weighted by Gasteiger charge is -2.39. The average molecular weight is 701 g/mol. The molecule has 0 spiro atoms. The molecular formula is C48H40N6. The predicted molar refractivity (Wildman–Crippen MR) is 221 cm³/mol. The fourth-order valence-electron chi connectivity index (χ4n) is 7.56. The van der Waals surface area contributed by atoms with Gasteiger partial charge in [-0.05, 0) is 55.0 Å². The van der Waals surface area contributed by atoms with Gasteiger partial charge in [0.2, 0.25) is 0 Å². The molecule has 0 amide bonds. The summed E-state index contributed by atoms with van der Waals surface area (Å²) >= 11 is 0. The largest absolute Gasteiger partial charge is 0.272 e. The van der Waals surface area contributed by atoms with Crippen LogP contribution in [0.4, 0.5) is 0 Å². The van der Waals surface area contributed by atoms with Crippen molar-refractivity contribution in [3.05, 3.63) is 181 Å². The second-order valence-corrected chi connectivity index (χ2v) is 13.6. The van der Waals surface area contributed by atoms with Crippen molar-refractivity contribution in [2.45, 2.75) is 37.5 Å². The van der Waals surface area contributed by atoms with Gasteiger partial charge in [0.05, 0.1) is 28.5 Å². The number of hydrogen-bond acceptors (Lipinski definition) is 6. The molecule has 0 radical (unpaired) electrons. The maximum absolute atomic E-state index is 5.05. The molecule has 262 valence electrons. The van der Waals surface area contributed by atoms with E-state index in [-0.39, 0.29) is 5.41 Å². The highest BCUT2D eigenvalue weighted by Crippen LogP contribution is 2.46. The molecule has 1 fully saturated rings. The van der Waals surface area contributed by atoms with Gasteiger partial charge in [0.1, 0.15) is 0 Å². The van der Waals surface area contributed by atoms with Crippen LogP contribution in [0.3, 0.4) is 0 Å². The van der Waals surface area contributed by atoms with Crippen LogP contribution in [0.15, 0.2) is 170 Å². The summed E-state index contributed by atoms with van der Waals surface area (Å²) in [6, 6.07) is 48.2. The summed E-state index contributed by atoms with van der Waals surface area (Å²) in [7, 11) is 0. The van der Waals surface area contributed by atoms with Crippen LogP contribution < -0.4 is 0 Å². The van der Waals surface area contributed by atoms with Gasteiger partial charge in [0.25, 0.3) is 0 Å². The summed E-state index contributed by atoms with van der Waals surface area (Å²) in [6.45, 7) is 7.64. The topological polar surface area (TPSA) is 76.8 Å². The van der Waals surface area contributed by atoms with Crippen molar-refractivity contribution in [2.24, 2.45) is 4.99 Å². The Labute approximate surface area is 316 Å². The van der Waals surface area contributed by atoms with Crippen LogP contribution in [0.1, 0.15) is 48.9 Å². The van der Waals surface area contributed by atoms with E-state index >= 15 is 0 Å². The zero-order chi connectivity index (χ0) is 36.7. The Bertz CT molecular complexity index is 2360. The van der Waals surface area contributed by atoms with E-state index < -0.39 is 0 Å². The van der Waals surface area contributed by atoms with Crippen LogP contribution in [-0.2, 0) is 5.41 Å². The Kier molecular flexibility index (Phi) is 9.90.